The maximum atomic E-state index is 12.5. The lowest BCUT2D eigenvalue weighted by Gasteiger charge is -2.23. The van der Waals surface area contributed by atoms with Crippen LogP contribution in [0.4, 0.5) is 0 Å². The monoisotopic (exact) mass is 408 g/mol. The van der Waals surface area contributed by atoms with E-state index in [-0.39, 0.29) is 17.5 Å². The standard InChI is InChI=1S/C18H20N2O5S2/c1-12-19-16(13-6-4-3-5-7-13)17(26-12)18(22)25-10-15(21)20(2)14-8-9-27(23,24)11-14/h3-7,14H,8-11H2,1-2H3/t14-/m1/s1. The summed E-state index contributed by atoms with van der Waals surface area (Å²) < 4.78 is 28.3. The molecule has 0 N–H and O–H groups in total. The van der Waals surface area contributed by atoms with E-state index in [2.05, 4.69) is 4.98 Å². The number of sulfone groups is 1. The van der Waals surface area contributed by atoms with E-state index in [1.54, 1.807) is 6.92 Å². The molecule has 1 fully saturated rings. The van der Waals surface area contributed by atoms with Crippen LogP contribution >= 0.6 is 11.3 Å². The summed E-state index contributed by atoms with van der Waals surface area (Å²) in [6.45, 7) is 1.37. The van der Waals surface area contributed by atoms with Gasteiger partial charge < -0.3 is 9.64 Å². The third kappa shape index (κ3) is 4.54. The maximum Gasteiger partial charge on any atom is 0.351 e. The number of aryl methyl sites for hydroxylation is 1. The predicted octanol–water partition coefficient (Wildman–Crippen LogP) is 1.92. The van der Waals surface area contributed by atoms with Crippen LogP contribution in [-0.2, 0) is 19.4 Å². The number of likely N-dealkylation sites (N-methyl/N-ethyl adjacent to an activating group) is 1. The van der Waals surface area contributed by atoms with Gasteiger partial charge in [-0.25, -0.2) is 18.2 Å². The lowest BCUT2D eigenvalue weighted by atomic mass is 10.1. The first-order valence-electron chi connectivity index (χ1n) is 8.43. The van der Waals surface area contributed by atoms with E-state index in [0.29, 0.717) is 17.0 Å². The summed E-state index contributed by atoms with van der Waals surface area (Å²) in [6.07, 6.45) is 0.407. The summed E-state index contributed by atoms with van der Waals surface area (Å²) in [5, 5.41) is 0.723. The van der Waals surface area contributed by atoms with Crippen LogP contribution in [0.15, 0.2) is 30.3 Å². The Bertz CT molecular complexity index is 953. The third-order valence-electron chi connectivity index (χ3n) is 4.44. The molecule has 27 heavy (non-hydrogen) atoms. The van der Waals surface area contributed by atoms with Gasteiger partial charge in [0, 0.05) is 18.7 Å². The molecule has 1 aromatic carbocycles. The van der Waals surface area contributed by atoms with Crippen LogP contribution in [0.2, 0.25) is 0 Å². The lowest BCUT2D eigenvalue weighted by molar-refractivity contribution is -0.134. The second-order valence-corrected chi connectivity index (χ2v) is 9.85. The van der Waals surface area contributed by atoms with Crippen molar-refractivity contribution in [3.63, 3.8) is 0 Å². The predicted molar refractivity (Wildman–Crippen MR) is 102 cm³/mol. The van der Waals surface area contributed by atoms with Crippen molar-refractivity contribution in [3.8, 4) is 11.3 Å². The van der Waals surface area contributed by atoms with E-state index >= 15 is 0 Å². The molecule has 0 saturated carbocycles. The normalized spacial score (nSPS) is 18.2. The Morgan fingerprint density at radius 3 is 2.63 bits per heavy atom. The first kappa shape index (κ1) is 19.5. The van der Waals surface area contributed by atoms with Crippen molar-refractivity contribution in [3.05, 3.63) is 40.2 Å². The van der Waals surface area contributed by atoms with Crippen LogP contribution in [0, 0.1) is 6.92 Å². The molecule has 0 radical (unpaired) electrons. The number of nitrogens with zero attached hydrogens (tertiary/aromatic N) is 2. The van der Waals surface area contributed by atoms with Crippen LogP contribution < -0.4 is 0 Å². The van der Waals surface area contributed by atoms with Crippen LogP contribution in [0.1, 0.15) is 21.1 Å². The number of rotatable bonds is 5. The minimum Gasteiger partial charge on any atom is -0.451 e. The zero-order chi connectivity index (χ0) is 19.6. The summed E-state index contributed by atoms with van der Waals surface area (Å²) in [5.41, 5.74) is 1.33. The van der Waals surface area contributed by atoms with Gasteiger partial charge in [-0.15, -0.1) is 11.3 Å². The molecule has 144 valence electrons. The average Bonchev–Trinajstić information content (AvgIpc) is 3.21. The van der Waals surface area contributed by atoms with Gasteiger partial charge in [0.2, 0.25) is 0 Å². The fraction of sp³-hybridized carbons (Fsp3) is 0.389. The highest BCUT2D eigenvalue weighted by atomic mass is 32.2. The van der Waals surface area contributed by atoms with Gasteiger partial charge in [0.25, 0.3) is 5.91 Å². The van der Waals surface area contributed by atoms with Crippen LogP contribution in [0.5, 0.6) is 0 Å². The van der Waals surface area contributed by atoms with Crippen molar-refractivity contribution in [2.45, 2.75) is 19.4 Å². The Morgan fingerprint density at radius 2 is 2.00 bits per heavy atom. The Labute approximate surface area is 161 Å². The van der Waals surface area contributed by atoms with Gasteiger partial charge >= 0.3 is 5.97 Å². The molecule has 3 rings (SSSR count). The van der Waals surface area contributed by atoms with Crippen molar-refractivity contribution < 1.29 is 22.7 Å². The van der Waals surface area contributed by atoms with Crippen molar-refractivity contribution in [1.82, 2.24) is 9.88 Å². The number of ether oxygens (including phenoxy) is 1. The number of hydrogen-bond acceptors (Lipinski definition) is 7. The fourth-order valence-electron chi connectivity index (χ4n) is 2.94. The number of amides is 1. The van der Waals surface area contributed by atoms with Gasteiger partial charge in [-0.3, -0.25) is 4.79 Å². The second kappa shape index (κ2) is 7.77. The fourth-order valence-corrected chi connectivity index (χ4v) is 5.55. The van der Waals surface area contributed by atoms with E-state index in [1.807, 2.05) is 30.3 Å². The molecule has 1 saturated heterocycles. The summed E-state index contributed by atoms with van der Waals surface area (Å²) in [5.74, 6) is -1.00. The molecular weight excluding hydrogens is 388 g/mol. The average molecular weight is 409 g/mol. The van der Waals surface area contributed by atoms with E-state index < -0.39 is 28.3 Å². The number of benzene rings is 1. The molecule has 1 aliphatic rings. The van der Waals surface area contributed by atoms with Crippen LogP contribution in [-0.4, -0.2) is 61.4 Å². The van der Waals surface area contributed by atoms with Gasteiger partial charge in [-0.2, -0.15) is 0 Å². The smallest absolute Gasteiger partial charge is 0.351 e. The molecule has 2 aromatic rings. The largest absolute Gasteiger partial charge is 0.451 e. The minimum absolute atomic E-state index is 0.0462. The molecule has 1 aromatic heterocycles. The molecule has 1 amide bonds. The summed E-state index contributed by atoms with van der Waals surface area (Å²) in [7, 11) is -1.55. The molecule has 9 heteroatoms. The number of thiazole rings is 1. The molecular formula is C18H20N2O5S2. The van der Waals surface area contributed by atoms with Gasteiger partial charge in [-0.1, -0.05) is 30.3 Å². The van der Waals surface area contributed by atoms with Crippen molar-refractivity contribution in [1.29, 1.82) is 0 Å². The first-order valence-corrected chi connectivity index (χ1v) is 11.1. The quantitative estimate of drug-likeness (QED) is 0.702. The molecule has 0 unspecified atom stereocenters. The molecule has 1 atom stereocenters. The Morgan fingerprint density at radius 1 is 1.30 bits per heavy atom. The number of carbonyl (C=O) groups is 2. The summed E-state index contributed by atoms with van der Waals surface area (Å²) in [4.78, 5) is 30.9. The van der Waals surface area contributed by atoms with Gasteiger partial charge in [0.1, 0.15) is 4.88 Å². The Kier molecular flexibility index (Phi) is 5.61. The Balaban J connectivity index is 1.66. The maximum absolute atomic E-state index is 12.5. The minimum atomic E-state index is -3.09. The molecule has 0 bridgehead atoms. The number of aromatic nitrogens is 1. The number of hydrogen-bond donors (Lipinski definition) is 0. The highest BCUT2D eigenvalue weighted by molar-refractivity contribution is 7.91. The lowest BCUT2D eigenvalue weighted by Crippen LogP contribution is -2.40. The van der Waals surface area contributed by atoms with Gasteiger partial charge in [0.15, 0.2) is 16.4 Å². The highest BCUT2D eigenvalue weighted by Gasteiger charge is 2.33. The SMILES string of the molecule is Cc1nc(-c2ccccc2)c(C(=O)OCC(=O)N(C)[C@@H]2CCS(=O)(=O)C2)s1. The summed E-state index contributed by atoms with van der Waals surface area (Å²) in [6, 6.07) is 8.92. The topological polar surface area (TPSA) is 93.6 Å². The Hall–Kier alpha value is -2.26. The van der Waals surface area contributed by atoms with Crippen molar-refractivity contribution in [2.75, 3.05) is 25.2 Å². The summed E-state index contributed by atoms with van der Waals surface area (Å²) >= 11 is 1.21. The molecule has 2 heterocycles. The van der Waals surface area contributed by atoms with E-state index in [4.69, 9.17) is 4.74 Å². The van der Waals surface area contributed by atoms with Crippen molar-refractivity contribution >= 4 is 33.1 Å². The zero-order valence-electron chi connectivity index (χ0n) is 15.0. The second-order valence-electron chi connectivity index (χ2n) is 6.41. The molecule has 0 spiro atoms. The zero-order valence-corrected chi connectivity index (χ0v) is 16.7. The molecule has 7 nitrogen and oxygen atoms in total. The van der Waals surface area contributed by atoms with E-state index in [9.17, 15) is 18.0 Å². The van der Waals surface area contributed by atoms with E-state index in [1.165, 1.54) is 23.3 Å². The first-order chi connectivity index (χ1) is 12.8. The third-order valence-corrected chi connectivity index (χ3v) is 7.14. The van der Waals surface area contributed by atoms with Gasteiger partial charge in [-0.05, 0) is 13.3 Å². The highest BCUT2D eigenvalue weighted by Crippen LogP contribution is 2.28. The van der Waals surface area contributed by atoms with E-state index in [0.717, 1.165) is 10.6 Å². The number of esters is 1. The van der Waals surface area contributed by atoms with Crippen molar-refractivity contribution in [2.24, 2.45) is 0 Å². The molecule has 1 aliphatic heterocycles. The van der Waals surface area contributed by atoms with Crippen LogP contribution in [0.3, 0.4) is 0 Å². The number of carbonyl (C=O) groups excluding carboxylic acids is 2. The van der Waals surface area contributed by atoms with Crippen LogP contribution in [0.25, 0.3) is 11.3 Å². The van der Waals surface area contributed by atoms with Gasteiger partial charge in [0.05, 0.1) is 22.2 Å². The molecule has 0 aliphatic carbocycles.